The molecule has 0 bridgehead atoms. The molecule has 25 heavy (non-hydrogen) atoms. The van der Waals surface area contributed by atoms with Crippen LogP contribution >= 0.6 is 11.3 Å². The van der Waals surface area contributed by atoms with Crippen molar-refractivity contribution in [2.45, 2.75) is 6.92 Å². The third kappa shape index (κ3) is 3.58. The minimum atomic E-state index is -0.386. The molecule has 0 saturated heterocycles. The summed E-state index contributed by atoms with van der Waals surface area (Å²) in [6.07, 6.45) is 1.78. The van der Waals surface area contributed by atoms with E-state index in [0.29, 0.717) is 16.4 Å². The monoisotopic (exact) mass is 356 g/mol. The van der Waals surface area contributed by atoms with Gasteiger partial charge in [0.1, 0.15) is 0 Å². The van der Waals surface area contributed by atoms with Gasteiger partial charge in [0.25, 0.3) is 5.91 Å². The van der Waals surface area contributed by atoms with E-state index >= 15 is 0 Å². The van der Waals surface area contributed by atoms with Crippen molar-refractivity contribution in [3.05, 3.63) is 52.7 Å². The lowest BCUT2D eigenvalue weighted by molar-refractivity contribution is 0.0600. The molecule has 1 amide bonds. The zero-order valence-corrected chi connectivity index (χ0v) is 14.8. The van der Waals surface area contributed by atoms with E-state index in [1.54, 1.807) is 42.2 Å². The first kappa shape index (κ1) is 16.8. The molecule has 2 heterocycles. The van der Waals surface area contributed by atoms with Gasteiger partial charge in [0, 0.05) is 29.8 Å². The normalized spacial score (nSPS) is 10.5. The summed E-state index contributed by atoms with van der Waals surface area (Å²) in [4.78, 5) is 28.1. The van der Waals surface area contributed by atoms with Crippen LogP contribution in [0.4, 0.5) is 5.13 Å². The summed E-state index contributed by atoms with van der Waals surface area (Å²) >= 11 is 1.33. The highest BCUT2D eigenvalue weighted by atomic mass is 32.1. The van der Waals surface area contributed by atoms with Gasteiger partial charge in [-0.2, -0.15) is 5.10 Å². The number of carbonyl (C=O) groups is 2. The number of aromatic nitrogens is 3. The van der Waals surface area contributed by atoms with Crippen LogP contribution in [0.5, 0.6) is 0 Å². The Balaban J connectivity index is 1.75. The fraction of sp³-hybridized carbons (Fsp3) is 0.176. The van der Waals surface area contributed by atoms with E-state index in [1.807, 2.05) is 12.3 Å². The number of nitrogens with zero attached hydrogens (tertiary/aromatic N) is 3. The summed E-state index contributed by atoms with van der Waals surface area (Å²) in [5.74, 6) is -0.677. The second-order valence-electron chi connectivity index (χ2n) is 5.40. The number of hydrogen-bond acceptors (Lipinski definition) is 6. The lowest BCUT2D eigenvalue weighted by atomic mass is 10.1. The summed E-state index contributed by atoms with van der Waals surface area (Å²) in [5, 5.41) is 9.23. The van der Waals surface area contributed by atoms with E-state index in [4.69, 9.17) is 0 Å². The van der Waals surface area contributed by atoms with Crippen molar-refractivity contribution in [1.82, 2.24) is 14.8 Å². The van der Waals surface area contributed by atoms with Crippen molar-refractivity contribution in [2.24, 2.45) is 7.05 Å². The van der Waals surface area contributed by atoms with Gasteiger partial charge in [-0.3, -0.25) is 14.8 Å². The van der Waals surface area contributed by atoms with Gasteiger partial charge in [-0.25, -0.2) is 9.78 Å². The number of nitrogens with one attached hydrogen (secondary N) is 1. The van der Waals surface area contributed by atoms with E-state index in [-0.39, 0.29) is 11.9 Å². The zero-order chi connectivity index (χ0) is 18.0. The largest absolute Gasteiger partial charge is 0.465 e. The van der Waals surface area contributed by atoms with Crippen LogP contribution in [0.3, 0.4) is 0 Å². The minimum absolute atomic E-state index is 0.292. The number of esters is 1. The first-order valence-electron chi connectivity index (χ1n) is 7.44. The first-order valence-corrected chi connectivity index (χ1v) is 8.32. The Morgan fingerprint density at radius 2 is 1.96 bits per heavy atom. The lowest BCUT2D eigenvalue weighted by Crippen LogP contribution is -2.14. The maximum atomic E-state index is 12.3. The number of rotatable bonds is 4. The third-order valence-corrected chi connectivity index (χ3v) is 4.31. The van der Waals surface area contributed by atoms with Gasteiger partial charge in [-0.05, 0) is 19.1 Å². The average molecular weight is 356 g/mol. The molecule has 0 unspecified atom stereocenters. The highest BCUT2D eigenvalue weighted by Crippen LogP contribution is 2.25. The zero-order valence-electron chi connectivity index (χ0n) is 13.9. The van der Waals surface area contributed by atoms with Crippen molar-refractivity contribution in [1.29, 1.82) is 0 Å². The Morgan fingerprint density at radius 1 is 1.24 bits per heavy atom. The molecule has 0 saturated carbocycles. The van der Waals surface area contributed by atoms with Gasteiger partial charge in [-0.1, -0.05) is 12.1 Å². The molecule has 0 atom stereocenters. The predicted molar refractivity (Wildman–Crippen MR) is 94.8 cm³/mol. The third-order valence-electron chi connectivity index (χ3n) is 3.55. The Bertz CT molecular complexity index is 928. The van der Waals surface area contributed by atoms with Crippen molar-refractivity contribution in [3.63, 3.8) is 0 Å². The summed E-state index contributed by atoms with van der Waals surface area (Å²) in [6.45, 7) is 1.83. The van der Waals surface area contributed by atoms with Crippen LogP contribution in [0, 0.1) is 6.92 Å². The van der Waals surface area contributed by atoms with E-state index in [0.717, 1.165) is 16.8 Å². The molecule has 0 aliphatic carbocycles. The molecule has 0 aliphatic heterocycles. The van der Waals surface area contributed by atoms with Gasteiger partial charge >= 0.3 is 5.97 Å². The van der Waals surface area contributed by atoms with Gasteiger partial charge in [0.15, 0.2) is 10.8 Å². The molecule has 0 aliphatic rings. The summed E-state index contributed by atoms with van der Waals surface area (Å²) < 4.78 is 6.27. The molecule has 1 N–H and O–H groups in total. The number of amides is 1. The molecular formula is C17H16N4O3S. The SMILES string of the molecule is COC(=O)c1ccc(-c2csc(NC(=O)c3nn(C)cc3C)n2)cc1. The van der Waals surface area contributed by atoms with Gasteiger partial charge in [0.2, 0.25) is 0 Å². The molecule has 0 spiro atoms. The van der Waals surface area contributed by atoms with Crippen LogP contribution in [0.25, 0.3) is 11.3 Å². The number of thiazole rings is 1. The average Bonchev–Trinajstić information content (AvgIpc) is 3.20. The van der Waals surface area contributed by atoms with Gasteiger partial charge in [-0.15, -0.1) is 11.3 Å². The number of hydrogen-bond donors (Lipinski definition) is 1. The smallest absolute Gasteiger partial charge is 0.337 e. The first-order chi connectivity index (χ1) is 12.0. The van der Waals surface area contributed by atoms with Crippen LogP contribution in [0.1, 0.15) is 26.4 Å². The second kappa shape index (κ2) is 6.86. The fourth-order valence-electron chi connectivity index (χ4n) is 2.35. The molecule has 3 aromatic rings. The summed E-state index contributed by atoms with van der Waals surface area (Å²) in [7, 11) is 3.11. The number of carbonyl (C=O) groups excluding carboxylic acids is 2. The Hall–Kier alpha value is -3.00. The fourth-order valence-corrected chi connectivity index (χ4v) is 3.06. The predicted octanol–water partition coefficient (Wildman–Crippen LogP) is 2.89. The summed E-state index contributed by atoms with van der Waals surface area (Å²) in [5.41, 5.74) is 3.21. The second-order valence-corrected chi connectivity index (χ2v) is 6.25. The summed E-state index contributed by atoms with van der Waals surface area (Å²) in [6, 6.07) is 6.93. The maximum Gasteiger partial charge on any atom is 0.337 e. The molecule has 3 rings (SSSR count). The highest BCUT2D eigenvalue weighted by molar-refractivity contribution is 7.14. The number of benzene rings is 1. The molecule has 1 aromatic carbocycles. The molecule has 128 valence electrons. The van der Waals surface area contributed by atoms with Crippen molar-refractivity contribution in [2.75, 3.05) is 12.4 Å². The standard InChI is InChI=1S/C17H16N4O3S/c1-10-8-21(2)20-14(10)15(22)19-17-18-13(9-25-17)11-4-6-12(7-5-11)16(23)24-3/h4-9H,1-3H3,(H,18,19,22). The quantitative estimate of drug-likeness (QED) is 0.727. The van der Waals surface area contributed by atoms with Gasteiger partial charge < -0.3 is 4.74 Å². The molecular weight excluding hydrogens is 340 g/mol. The van der Waals surface area contributed by atoms with E-state index < -0.39 is 0 Å². The maximum absolute atomic E-state index is 12.3. The van der Waals surface area contributed by atoms with Crippen LogP contribution in [0.2, 0.25) is 0 Å². The molecule has 2 aromatic heterocycles. The van der Waals surface area contributed by atoms with Crippen LogP contribution in [-0.2, 0) is 11.8 Å². The topological polar surface area (TPSA) is 86.1 Å². The Kier molecular flexibility index (Phi) is 4.62. The van der Waals surface area contributed by atoms with Crippen molar-refractivity contribution in [3.8, 4) is 11.3 Å². The molecule has 0 fully saturated rings. The molecule has 7 nitrogen and oxygen atoms in total. The van der Waals surface area contributed by atoms with E-state index in [1.165, 1.54) is 18.4 Å². The van der Waals surface area contributed by atoms with E-state index in [2.05, 4.69) is 20.1 Å². The number of aryl methyl sites for hydroxylation is 2. The van der Waals surface area contributed by atoms with Crippen molar-refractivity contribution >= 4 is 28.3 Å². The highest BCUT2D eigenvalue weighted by Gasteiger charge is 2.15. The molecule has 0 radical (unpaired) electrons. The molecule has 8 heteroatoms. The van der Waals surface area contributed by atoms with Crippen LogP contribution in [0.15, 0.2) is 35.8 Å². The number of methoxy groups -OCH3 is 1. The van der Waals surface area contributed by atoms with Crippen LogP contribution < -0.4 is 5.32 Å². The minimum Gasteiger partial charge on any atom is -0.465 e. The number of ether oxygens (including phenoxy) is 1. The number of anilines is 1. The van der Waals surface area contributed by atoms with Gasteiger partial charge in [0.05, 0.1) is 18.4 Å². The lowest BCUT2D eigenvalue weighted by Gasteiger charge is -2.01. The Labute approximate surface area is 148 Å². The Morgan fingerprint density at radius 3 is 2.56 bits per heavy atom. The van der Waals surface area contributed by atoms with E-state index in [9.17, 15) is 9.59 Å². The van der Waals surface area contributed by atoms with Crippen molar-refractivity contribution < 1.29 is 14.3 Å². The van der Waals surface area contributed by atoms with Crippen LogP contribution in [-0.4, -0.2) is 33.8 Å².